The molecular formula is C27H31F2N3O5. The molecular weight excluding hydrogens is 484 g/mol. The van der Waals surface area contributed by atoms with E-state index in [0.29, 0.717) is 5.56 Å². The summed E-state index contributed by atoms with van der Waals surface area (Å²) in [6.07, 6.45) is 3.97. The standard InChI is InChI=1S/C27H31F2N3O5/c1-16(2)19-9-4-5-10-20(19)27(14-32(15-27)22(33)13-36-24(34)18-7-6-8-18)25(35)31-23-21(37-26(28)29)11-17(3)12-30-23/h4-5,9-12,16,18,26H,6-8,13-15H2,1-3H3,(H,30,31,35). The van der Waals surface area contributed by atoms with Crippen LogP contribution in [0.1, 0.15) is 55.7 Å². The number of hydrogen-bond acceptors (Lipinski definition) is 6. The third kappa shape index (κ3) is 5.57. The van der Waals surface area contributed by atoms with Crippen molar-refractivity contribution in [3.63, 3.8) is 0 Å². The number of benzene rings is 1. The summed E-state index contributed by atoms with van der Waals surface area (Å²) >= 11 is 0. The summed E-state index contributed by atoms with van der Waals surface area (Å²) in [6, 6.07) is 8.83. The fraction of sp³-hybridized carbons (Fsp3) is 0.481. The highest BCUT2D eigenvalue weighted by Gasteiger charge is 2.53. The van der Waals surface area contributed by atoms with E-state index in [1.165, 1.54) is 17.2 Å². The minimum atomic E-state index is -3.09. The molecule has 0 radical (unpaired) electrons. The zero-order valence-corrected chi connectivity index (χ0v) is 21.1. The van der Waals surface area contributed by atoms with E-state index in [1.807, 2.05) is 38.1 Å². The summed E-state index contributed by atoms with van der Waals surface area (Å²) in [7, 11) is 0. The number of alkyl halides is 2. The number of anilines is 1. The molecule has 1 aromatic carbocycles. The number of hydrogen-bond donors (Lipinski definition) is 1. The largest absolute Gasteiger partial charge is 0.455 e. The van der Waals surface area contributed by atoms with Gasteiger partial charge < -0.3 is 19.7 Å². The Balaban J connectivity index is 1.57. The van der Waals surface area contributed by atoms with E-state index in [4.69, 9.17) is 4.74 Å². The number of carbonyl (C=O) groups is 3. The van der Waals surface area contributed by atoms with Crippen LogP contribution in [0, 0.1) is 12.8 Å². The number of rotatable bonds is 9. The van der Waals surface area contributed by atoms with Crippen LogP contribution in [-0.4, -0.2) is 54.0 Å². The number of nitrogens with one attached hydrogen (secondary N) is 1. The molecule has 8 nitrogen and oxygen atoms in total. The van der Waals surface area contributed by atoms with Crippen LogP contribution in [0.5, 0.6) is 5.75 Å². The number of aryl methyl sites for hydroxylation is 1. The predicted molar refractivity (Wildman–Crippen MR) is 131 cm³/mol. The molecule has 0 bridgehead atoms. The van der Waals surface area contributed by atoms with Gasteiger partial charge in [-0.2, -0.15) is 8.78 Å². The Hall–Kier alpha value is -3.56. The van der Waals surface area contributed by atoms with Crippen molar-refractivity contribution >= 4 is 23.6 Å². The second-order valence-corrected chi connectivity index (χ2v) is 10.0. The lowest BCUT2D eigenvalue weighted by Crippen LogP contribution is -2.67. The Kier molecular flexibility index (Phi) is 7.75. The smallest absolute Gasteiger partial charge is 0.387 e. The maximum Gasteiger partial charge on any atom is 0.387 e. The van der Waals surface area contributed by atoms with E-state index >= 15 is 0 Å². The summed E-state index contributed by atoms with van der Waals surface area (Å²) in [6.45, 7) is 2.28. The second-order valence-electron chi connectivity index (χ2n) is 10.0. The first-order valence-corrected chi connectivity index (χ1v) is 12.4. The van der Waals surface area contributed by atoms with Crippen molar-refractivity contribution in [3.05, 3.63) is 53.2 Å². The normalized spacial score (nSPS) is 16.7. The van der Waals surface area contributed by atoms with E-state index < -0.39 is 23.8 Å². The van der Waals surface area contributed by atoms with Crippen molar-refractivity contribution in [2.24, 2.45) is 5.92 Å². The lowest BCUT2D eigenvalue weighted by molar-refractivity contribution is -0.161. The van der Waals surface area contributed by atoms with Gasteiger partial charge in [0.25, 0.3) is 5.91 Å². The van der Waals surface area contributed by atoms with Crippen molar-refractivity contribution in [1.29, 1.82) is 0 Å². The Morgan fingerprint density at radius 3 is 2.51 bits per heavy atom. The van der Waals surface area contributed by atoms with Gasteiger partial charge in [-0.05, 0) is 48.4 Å². The first-order valence-electron chi connectivity index (χ1n) is 12.4. The average Bonchev–Trinajstić information content (AvgIpc) is 2.77. The number of amides is 2. The Morgan fingerprint density at radius 1 is 1.19 bits per heavy atom. The highest BCUT2D eigenvalue weighted by atomic mass is 19.3. The second kappa shape index (κ2) is 10.8. The van der Waals surface area contributed by atoms with Gasteiger partial charge in [-0.1, -0.05) is 44.5 Å². The summed E-state index contributed by atoms with van der Waals surface area (Å²) in [5.74, 6) is -1.68. The van der Waals surface area contributed by atoms with Gasteiger partial charge in [0, 0.05) is 19.3 Å². The number of nitrogens with zero attached hydrogens (tertiary/aromatic N) is 2. The first kappa shape index (κ1) is 26.5. The van der Waals surface area contributed by atoms with Crippen LogP contribution in [0.4, 0.5) is 14.6 Å². The number of aromatic nitrogens is 1. The molecule has 0 atom stereocenters. The lowest BCUT2D eigenvalue weighted by Gasteiger charge is -2.49. The Labute approximate surface area is 214 Å². The van der Waals surface area contributed by atoms with Crippen LogP contribution in [0.25, 0.3) is 0 Å². The van der Waals surface area contributed by atoms with Crippen molar-refractivity contribution in [3.8, 4) is 5.75 Å². The molecule has 2 fully saturated rings. The zero-order valence-electron chi connectivity index (χ0n) is 21.1. The van der Waals surface area contributed by atoms with Crippen molar-refractivity contribution in [2.45, 2.75) is 58.0 Å². The third-order valence-electron chi connectivity index (χ3n) is 7.02. The molecule has 2 amide bonds. The van der Waals surface area contributed by atoms with Gasteiger partial charge in [0.05, 0.1) is 5.92 Å². The molecule has 1 aliphatic carbocycles. The van der Waals surface area contributed by atoms with Gasteiger partial charge in [0.15, 0.2) is 18.2 Å². The fourth-order valence-electron chi connectivity index (χ4n) is 4.69. The van der Waals surface area contributed by atoms with Crippen LogP contribution >= 0.6 is 0 Å². The Morgan fingerprint density at radius 2 is 1.89 bits per heavy atom. The molecule has 0 unspecified atom stereocenters. The SMILES string of the molecule is Cc1cnc(NC(=O)C2(c3ccccc3C(C)C)CN(C(=O)COC(=O)C3CCC3)C2)c(OC(F)F)c1. The van der Waals surface area contributed by atoms with Gasteiger partial charge in [-0.15, -0.1) is 0 Å². The quantitative estimate of drug-likeness (QED) is 0.504. The molecule has 1 N–H and O–H groups in total. The van der Waals surface area contributed by atoms with Crippen LogP contribution in [0.3, 0.4) is 0 Å². The highest BCUT2D eigenvalue weighted by Crippen LogP contribution is 2.40. The molecule has 0 spiro atoms. The van der Waals surface area contributed by atoms with E-state index in [9.17, 15) is 23.2 Å². The Bertz CT molecular complexity index is 1180. The van der Waals surface area contributed by atoms with Gasteiger partial charge in [0.2, 0.25) is 5.91 Å². The minimum Gasteiger partial charge on any atom is -0.455 e. The van der Waals surface area contributed by atoms with E-state index in [2.05, 4.69) is 15.0 Å². The maximum atomic E-state index is 13.8. The monoisotopic (exact) mass is 515 g/mol. The molecule has 1 aromatic heterocycles. The molecule has 1 saturated carbocycles. The molecule has 10 heteroatoms. The number of likely N-dealkylation sites (tertiary alicyclic amines) is 1. The maximum absolute atomic E-state index is 13.8. The first-order chi connectivity index (χ1) is 17.6. The molecule has 37 heavy (non-hydrogen) atoms. The van der Waals surface area contributed by atoms with E-state index in [1.54, 1.807) is 6.92 Å². The van der Waals surface area contributed by atoms with E-state index in [0.717, 1.165) is 30.4 Å². The van der Waals surface area contributed by atoms with Crippen molar-refractivity contribution < 1.29 is 32.6 Å². The van der Waals surface area contributed by atoms with Crippen molar-refractivity contribution in [1.82, 2.24) is 9.88 Å². The average molecular weight is 516 g/mol. The molecule has 198 valence electrons. The zero-order chi connectivity index (χ0) is 26.7. The number of pyridine rings is 1. The number of esters is 1. The molecule has 4 rings (SSSR count). The molecule has 2 aliphatic rings. The topological polar surface area (TPSA) is 97.8 Å². The number of halogens is 2. The number of ether oxygens (including phenoxy) is 2. The molecule has 2 heterocycles. The molecule has 1 aliphatic heterocycles. The summed E-state index contributed by atoms with van der Waals surface area (Å²) in [5, 5.41) is 2.66. The fourth-order valence-corrected chi connectivity index (χ4v) is 4.69. The molecule has 1 saturated heterocycles. The van der Waals surface area contributed by atoms with Gasteiger partial charge >= 0.3 is 12.6 Å². The van der Waals surface area contributed by atoms with Crippen LogP contribution < -0.4 is 10.1 Å². The van der Waals surface area contributed by atoms with E-state index in [-0.39, 0.29) is 49.1 Å². The van der Waals surface area contributed by atoms with Crippen molar-refractivity contribution in [2.75, 3.05) is 25.0 Å². The van der Waals surface area contributed by atoms with Crippen LogP contribution in [-0.2, 0) is 24.5 Å². The predicted octanol–water partition coefficient (Wildman–Crippen LogP) is 4.18. The van der Waals surface area contributed by atoms with Crippen LogP contribution in [0.15, 0.2) is 36.5 Å². The minimum absolute atomic E-state index is 0.0410. The summed E-state index contributed by atoms with van der Waals surface area (Å²) in [4.78, 5) is 44.2. The highest BCUT2D eigenvalue weighted by molar-refractivity contribution is 6.02. The summed E-state index contributed by atoms with van der Waals surface area (Å²) in [5.41, 5.74) is 1.11. The van der Waals surface area contributed by atoms with Gasteiger partial charge in [-0.25, -0.2) is 4.98 Å². The van der Waals surface area contributed by atoms with Crippen LogP contribution in [0.2, 0.25) is 0 Å². The van der Waals surface area contributed by atoms with Gasteiger partial charge in [0.1, 0.15) is 5.41 Å². The third-order valence-corrected chi connectivity index (χ3v) is 7.02. The summed E-state index contributed by atoms with van der Waals surface area (Å²) < 4.78 is 35.8. The van der Waals surface area contributed by atoms with Gasteiger partial charge in [-0.3, -0.25) is 14.4 Å². The number of carbonyl (C=O) groups excluding carboxylic acids is 3. The molecule has 2 aromatic rings. The lowest BCUT2D eigenvalue weighted by atomic mass is 9.69.